The van der Waals surface area contributed by atoms with Crippen molar-refractivity contribution in [1.82, 2.24) is 0 Å². The number of phenols is 1. The second-order valence-electron chi connectivity index (χ2n) is 9.60. The van der Waals surface area contributed by atoms with Gasteiger partial charge in [0.05, 0.1) is 30.1 Å². The first-order chi connectivity index (χ1) is 21.4. The average Bonchev–Trinajstić information content (AvgIpc) is 3.03. The van der Waals surface area contributed by atoms with Crippen LogP contribution in [-0.2, 0) is 9.53 Å². The minimum atomic E-state index is -0.989. The van der Waals surface area contributed by atoms with Crippen LogP contribution in [0.1, 0.15) is 30.1 Å². The van der Waals surface area contributed by atoms with Crippen LogP contribution in [0, 0.1) is 11.3 Å². The number of nitrogens with zero attached hydrogens (tertiary/aromatic N) is 1. The van der Waals surface area contributed by atoms with Crippen molar-refractivity contribution < 1.29 is 28.9 Å². The van der Waals surface area contributed by atoms with Crippen LogP contribution < -0.4 is 25.8 Å². The number of nitrogen functional groups attached to an aromatic ring is 1. The molecule has 0 unspecified atom stereocenters. The minimum Gasteiger partial charge on any atom is -0.504 e. The van der Waals surface area contributed by atoms with Gasteiger partial charge in [-0.25, -0.2) is 4.79 Å². The van der Waals surface area contributed by atoms with Crippen molar-refractivity contribution in [3.8, 4) is 23.3 Å². The molecule has 0 heterocycles. The fourth-order valence-corrected chi connectivity index (χ4v) is 4.32. The third-order valence-corrected chi connectivity index (χ3v) is 6.50. The molecule has 4 rings (SSSR count). The number of nitrogens with two attached hydrogens (primary N) is 1. The van der Waals surface area contributed by atoms with Crippen molar-refractivity contribution >= 4 is 29.1 Å². The highest BCUT2D eigenvalue weighted by atomic mass is 16.6. The van der Waals surface area contributed by atoms with Crippen LogP contribution in [0.2, 0.25) is 0 Å². The number of anilines is 3. The van der Waals surface area contributed by atoms with Gasteiger partial charge < -0.3 is 30.4 Å². The highest BCUT2D eigenvalue weighted by Gasteiger charge is 2.30. The van der Waals surface area contributed by atoms with Crippen molar-refractivity contribution in [3.63, 3.8) is 0 Å². The molecule has 0 radical (unpaired) electrons. The molecule has 5 N–H and O–H groups in total. The number of aromatic hydroxyl groups is 1. The maximum Gasteiger partial charge on any atom is 0.412 e. The lowest BCUT2D eigenvalue weighted by molar-refractivity contribution is -0.111. The first kappa shape index (κ1) is 31.0. The second-order valence-corrected chi connectivity index (χ2v) is 9.60. The molecule has 0 saturated heterocycles. The number of carbonyl (C=O) groups is 2. The zero-order valence-corrected chi connectivity index (χ0v) is 24.0. The number of para-hydroxylation sites is 3. The third kappa shape index (κ3) is 8.77. The summed E-state index contributed by atoms with van der Waals surface area (Å²) in [5, 5.41) is 25.0. The Kier molecular flexibility index (Phi) is 10.8. The first-order valence-corrected chi connectivity index (χ1v) is 13.7. The summed E-state index contributed by atoms with van der Waals surface area (Å²) in [4.78, 5) is 25.6. The molecule has 0 aliphatic rings. The van der Waals surface area contributed by atoms with E-state index in [4.69, 9.17) is 25.2 Å². The number of phenolic OH excluding ortho intramolecular Hbond substituents is 1. The Bertz CT molecular complexity index is 1630. The van der Waals surface area contributed by atoms with Crippen LogP contribution in [0.3, 0.4) is 0 Å². The van der Waals surface area contributed by atoms with E-state index >= 15 is 0 Å². The van der Waals surface area contributed by atoms with E-state index in [1.807, 2.05) is 24.3 Å². The summed E-state index contributed by atoms with van der Waals surface area (Å²) < 4.78 is 17.4. The van der Waals surface area contributed by atoms with Gasteiger partial charge in [-0.15, -0.1) is 0 Å². The lowest BCUT2D eigenvalue weighted by Gasteiger charge is -2.28. The van der Waals surface area contributed by atoms with Gasteiger partial charge in [-0.05, 0) is 79.6 Å². The molecule has 10 nitrogen and oxygen atoms in total. The normalized spacial score (nSPS) is 12.0. The molecule has 0 spiro atoms. The van der Waals surface area contributed by atoms with E-state index in [9.17, 15) is 14.7 Å². The number of methoxy groups -OCH3 is 1. The van der Waals surface area contributed by atoms with Gasteiger partial charge >= 0.3 is 6.09 Å². The molecule has 4 aromatic carbocycles. The van der Waals surface area contributed by atoms with E-state index in [-0.39, 0.29) is 17.4 Å². The molecule has 0 saturated carbocycles. The van der Waals surface area contributed by atoms with Crippen molar-refractivity contribution in [1.29, 1.82) is 5.26 Å². The third-order valence-electron chi connectivity index (χ3n) is 6.50. The molecule has 0 aliphatic carbocycles. The maximum atomic E-state index is 13.1. The number of benzene rings is 4. The Hall–Kier alpha value is -5.95. The van der Waals surface area contributed by atoms with Gasteiger partial charge in [0.25, 0.3) is 0 Å². The van der Waals surface area contributed by atoms with Crippen LogP contribution >= 0.6 is 0 Å². The highest BCUT2D eigenvalue weighted by molar-refractivity contribution is 6.01. The number of hydrogen-bond acceptors (Lipinski definition) is 8. The number of rotatable bonds is 12. The second kappa shape index (κ2) is 15.3. The Morgan fingerprint density at radius 3 is 2.39 bits per heavy atom. The van der Waals surface area contributed by atoms with Crippen LogP contribution in [0.15, 0.2) is 109 Å². The zero-order chi connectivity index (χ0) is 31.3. The van der Waals surface area contributed by atoms with Gasteiger partial charge in [0.2, 0.25) is 5.91 Å². The molecule has 2 amide bonds. The van der Waals surface area contributed by atoms with Crippen LogP contribution in [0.25, 0.3) is 0 Å². The molecular formula is C34H32N4O6. The summed E-state index contributed by atoms with van der Waals surface area (Å²) in [5.41, 5.74) is 8.21. The number of ether oxygens (including phenoxy) is 3. The summed E-state index contributed by atoms with van der Waals surface area (Å²) in [7, 11) is 1.43. The molecule has 224 valence electrons. The summed E-state index contributed by atoms with van der Waals surface area (Å²) in [6.45, 7) is 0. The molecule has 44 heavy (non-hydrogen) atoms. The van der Waals surface area contributed by atoms with E-state index < -0.39 is 18.3 Å². The lowest BCUT2D eigenvalue weighted by atomic mass is 9.99. The molecular weight excluding hydrogens is 560 g/mol. The Balaban J connectivity index is 1.56. The number of carbonyl (C=O) groups excluding carboxylic acids is 2. The van der Waals surface area contributed by atoms with Gasteiger partial charge in [-0.1, -0.05) is 42.5 Å². The standard InChI is InChI=1S/C34H32N4O6/c1-42-30-20-17-24(21-29(30)39)33(44-34(41)37-25-18-15-23(22-35)16-19-25)31(43-26-9-3-2-4-10-26)13-7-8-14-32(40)38-28-12-6-5-11-27(28)36/h2-6,8-12,14-21,31,33,39H,7,13,36H2,1H3,(H,37,41)(H,38,40)/b14-8+/t31-,33-/m1/s1. The fraction of sp³-hybridized carbons (Fsp3) is 0.147. The lowest BCUT2D eigenvalue weighted by Crippen LogP contribution is -2.31. The number of nitriles is 1. The Labute approximate surface area is 255 Å². The Morgan fingerprint density at radius 1 is 0.977 bits per heavy atom. The molecule has 2 atom stereocenters. The van der Waals surface area contributed by atoms with Crippen molar-refractivity contribution in [2.24, 2.45) is 0 Å². The fourth-order valence-electron chi connectivity index (χ4n) is 4.32. The van der Waals surface area contributed by atoms with E-state index in [0.29, 0.717) is 46.8 Å². The van der Waals surface area contributed by atoms with Gasteiger partial charge in [0, 0.05) is 11.3 Å². The highest BCUT2D eigenvalue weighted by Crippen LogP contribution is 2.34. The number of amides is 2. The average molecular weight is 593 g/mol. The van der Waals surface area contributed by atoms with Gasteiger partial charge in [-0.3, -0.25) is 10.1 Å². The van der Waals surface area contributed by atoms with E-state index in [1.54, 1.807) is 78.9 Å². The van der Waals surface area contributed by atoms with E-state index in [1.165, 1.54) is 19.3 Å². The molecule has 0 bridgehead atoms. The maximum absolute atomic E-state index is 13.1. The molecule has 0 aliphatic heterocycles. The number of allylic oxidation sites excluding steroid dienone is 1. The van der Waals surface area contributed by atoms with Crippen LogP contribution in [-0.4, -0.2) is 30.3 Å². The first-order valence-electron chi connectivity index (χ1n) is 13.7. The number of hydrogen-bond donors (Lipinski definition) is 4. The SMILES string of the molecule is COc1ccc([C@@H](OC(=O)Nc2ccc(C#N)cc2)[C@@H](CC/C=C/C(=O)Nc2ccccc2N)Oc2ccccc2)cc1O. The summed E-state index contributed by atoms with van der Waals surface area (Å²) in [6, 6.07) is 29.0. The van der Waals surface area contributed by atoms with E-state index in [2.05, 4.69) is 10.6 Å². The predicted molar refractivity (Wildman–Crippen MR) is 167 cm³/mol. The quantitative estimate of drug-likeness (QED) is 0.106. The largest absolute Gasteiger partial charge is 0.504 e. The molecule has 4 aromatic rings. The smallest absolute Gasteiger partial charge is 0.412 e. The zero-order valence-electron chi connectivity index (χ0n) is 24.0. The monoisotopic (exact) mass is 592 g/mol. The molecule has 10 heteroatoms. The predicted octanol–water partition coefficient (Wildman–Crippen LogP) is 6.57. The van der Waals surface area contributed by atoms with Crippen LogP contribution in [0.5, 0.6) is 17.2 Å². The molecule has 0 fully saturated rings. The van der Waals surface area contributed by atoms with Crippen LogP contribution in [0.4, 0.5) is 21.9 Å². The summed E-state index contributed by atoms with van der Waals surface area (Å²) in [6.07, 6.45) is 1.30. The summed E-state index contributed by atoms with van der Waals surface area (Å²) in [5.74, 6) is 0.306. The van der Waals surface area contributed by atoms with Crippen molar-refractivity contribution in [2.45, 2.75) is 25.0 Å². The van der Waals surface area contributed by atoms with Crippen molar-refractivity contribution in [3.05, 3.63) is 120 Å². The summed E-state index contributed by atoms with van der Waals surface area (Å²) >= 11 is 0. The van der Waals surface area contributed by atoms with Gasteiger partial charge in [0.15, 0.2) is 17.6 Å². The Morgan fingerprint density at radius 2 is 1.70 bits per heavy atom. The number of nitrogens with one attached hydrogen (secondary N) is 2. The minimum absolute atomic E-state index is 0.138. The molecule has 0 aromatic heterocycles. The van der Waals surface area contributed by atoms with Crippen molar-refractivity contribution in [2.75, 3.05) is 23.5 Å². The topological polar surface area (TPSA) is 156 Å². The van der Waals surface area contributed by atoms with Gasteiger partial charge in [-0.2, -0.15) is 5.26 Å². The van der Waals surface area contributed by atoms with E-state index in [0.717, 1.165) is 0 Å². The van der Waals surface area contributed by atoms with Gasteiger partial charge in [0.1, 0.15) is 11.9 Å².